The quantitative estimate of drug-likeness (QED) is 0.865. The Morgan fingerprint density at radius 1 is 1.32 bits per heavy atom. The van der Waals surface area contributed by atoms with Crippen LogP contribution in [0.3, 0.4) is 0 Å². The van der Waals surface area contributed by atoms with Crippen molar-refractivity contribution in [2.75, 3.05) is 27.2 Å². The van der Waals surface area contributed by atoms with Gasteiger partial charge in [-0.3, -0.25) is 4.79 Å². The first-order valence-corrected chi connectivity index (χ1v) is 10.1. The van der Waals surface area contributed by atoms with Crippen LogP contribution in [0.25, 0.3) is 0 Å². The molecule has 7 heteroatoms. The highest BCUT2D eigenvalue weighted by Gasteiger charge is 2.33. The standard InChI is InChI=1S/C18H29N3O3S/c1-13-8-9-17(14(2)11-13)15(3)19-18(22)16-7-6-10-21(12-16)25(23,24)20(4)5/h8-9,11,15-16H,6-7,10,12H2,1-5H3,(H,19,22)/t15-,16-/m1/s1. The number of amides is 1. The summed E-state index contributed by atoms with van der Waals surface area (Å²) in [4.78, 5) is 12.7. The average molecular weight is 368 g/mol. The molecule has 140 valence electrons. The molecule has 1 saturated heterocycles. The molecule has 0 unspecified atom stereocenters. The number of carbonyl (C=O) groups is 1. The third-order valence-corrected chi connectivity index (χ3v) is 6.70. The number of rotatable bonds is 5. The first kappa shape index (κ1) is 19.9. The number of hydrogen-bond donors (Lipinski definition) is 1. The SMILES string of the molecule is Cc1ccc([C@@H](C)NC(=O)[C@@H]2CCCN(S(=O)(=O)N(C)C)C2)c(C)c1. The fourth-order valence-corrected chi connectivity index (χ4v) is 4.51. The Hall–Kier alpha value is -1.44. The van der Waals surface area contributed by atoms with E-state index in [-0.39, 0.29) is 24.4 Å². The molecule has 25 heavy (non-hydrogen) atoms. The van der Waals surface area contributed by atoms with Crippen LogP contribution in [0, 0.1) is 19.8 Å². The van der Waals surface area contributed by atoms with E-state index < -0.39 is 10.2 Å². The predicted molar refractivity (Wildman–Crippen MR) is 99.4 cm³/mol. The van der Waals surface area contributed by atoms with E-state index in [9.17, 15) is 13.2 Å². The molecule has 1 amide bonds. The lowest BCUT2D eigenvalue weighted by Gasteiger charge is -2.33. The summed E-state index contributed by atoms with van der Waals surface area (Å²) in [5.74, 6) is -0.386. The zero-order chi connectivity index (χ0) is 18.8. The van der Waals surface area contributed by atoms with Gasteiger partial charge in [-0.15, -0.1) is 0 Å². The van der Waals surface area contributed by atoms with Crippen LogP contribution in [-0.4, -0.2) is 50.1 Å². The van der Waals surface area contributed by atoms with Crippen molar-refractivity contribution in [3.63, 3.8) is 0 Å². The molecule has 2 rings (SSSR count). The molecule has 1 aliphatic rings. The molecule has 1 aromatic rings. The smallest absolute Gasteiger partial charge is 0.281 e. The van der Waals surface area contributed by atoms with Crippen molar-refractivity contribution in [1.82, 2.24) is 13.9 Å². The summed E-state index contributed by atoms with van der Waals surface area (Å²) in [5, 5.41) is 3.05. The van der Waals surface area contributed by atoms with E-state index >= 15 is 0 Å². The van der Waals surface area contributed by atoms with Crippen LogP contribution in [0.5, 0.6) is 0 Å². The monoisotopic (exact) mass is 367 g/mol. The number of carbonyl (C=O) groups excluding carboxylic acids is 1. The highest BCUT2D eigenvalue weighted by Crippen LogP contribution is 2.23. The first-order valence-electron chi connectivity index (χ1n) is 8.68. The van der Waals surface area contributed by atoms with Crippen LogP contribution in [0.15, 0.2) is 18.2 Å². The summed E-state index contributed by atoms with van der Waals surface area (Å²) in [6.07, 6.45) is 1.41. The van der Waals surface area contributed by atoms with Crippen molar-refractivity contribution in [1.29, 1.82) is 0 Å². The second kappa shape index (κ2) is 7.85. The van der Waals surface area contributed by atoms with Gasteiger partial charge in [0, 0.05) is 27.2 Å². The molecule has 0 aliphatic carbocycles. The highest BCUT2D eigenvalue weighted by molar-refractivity contribution is 7.86. The zero-order valence-corrected chi connectivity index (χ0v) is 16.6. The van der Waals surface area contributed by atoms with Gasteiger partial charge >= 0.3 is 0 Å². The van der Waals surface area contributed by atoms with Crippen LogP contribution in [-0.2, 0) is 15.0 Å². The Balaban J connectivity index is 2.05. The van der Waals surface area contributed by atoms with Crippen molar-refractivity contribution >= 4 is 16.1 Å². The molecule has 1 aliphatic heterocycles. The van der Waals surface area contributed by atoms with Gasteiger partial charge in [0.05, 0.1) is 12.0 Å². The van der Waals surface area contributed by atoms with E-state index in [0.717, 1.165) is 11.1 Å². The molecule has 1 aromatic carbocycles. The van der Waals surface area contributed by atoms with Crippen LogP contribution >= 0.6 is 0 Å². The van der Waals surface area contributed by atoms with Crippen LogP contribution in [0.2, 0.25) is 0 Å². The van der Waals surface area contributed by atoms with Crippen molar-refractivity contribution in [2.45, 2.75) is 39.7 Å². The van der Waals surface area contributed by atoms with Crippen LogP contribution in [0.1, 0.15) is 42.5 Å². The van der Waals surface area contributed by atoms with Gasteiger partial charge in [-0.25, -0.2) is 0 Å². The summed E-state index contributed by atoms with van der Waals surface area (Å²) in [5.41, 5.74) is 3.43. The van der Waals surface area contributed by atoms with E-state index in [1.54, 1.807) is 0 Å². The van der Waals surface area contributed by atoms with Gasteiger partial charge in [-0.1, -0.05) is 23.8 Å². The van der Waals surface area contributed by atoms with Gasteiger partial charge in [0.1, 0.15) is 0 Å². The minimum absolute atomic E-state index is 0.0777. The number of piperidine rings is 1. The molecule has 1 fully saturated rings. The topological polar surface area (TPSA) is 69.7 Å². The molecule has 1 heterocycles. The number of benzene rings is 1. The number of nitrogens with one attached hydrogen (secondary N) is 1. The van der Waals surface area contributed by atoms with Crippen LogP contribution in [0.4, 0.5) is 0 Å². The largest absolute Gasteiger partial charge is 0.349 e. The molecule has 2 atom stereocenters. The second-order valence-corrected chi connectivity index (χ2v) is 9.22. The van der Waals surface area contributed by atoms with Gasteiger partial charge in [0.25, 0.3) is 10.2 Å². The molecule has 0 aromatic heterocycles. The van der Waals surface area contributed by atoms with Gasteiger partial charge in [0.2, 0.25) is 5.91 Å². The Kier molecular flexibility index (Phi) is 6.24. The lowest BCUT2D eigenvalue weighted by molar-refractivity contribution is -0.126. The fourth-order valence-electron chi connectivity index (χ4n) is 3.32. The van der Waals surface area contributed by atoms with Crippen molar-refractivity contribution in [2.24, 2.45) is 5.92 Å². The maximum atomic E-state index is 12.7. The zero-order valence-electron chi connectivity index (χ0n) is 15.7. The number of nitrogens with zero attached hydrogens (tertiary/aromatic N) is 2. The minimum Gasteiger partial charge on any atom is -0.349 e. The first-order chi connectivity index (χ1) is 11.6. The third kappa shape index (κ3) is 4.59. The lowest BCUT2D eigenvalue weighted by Crippen LogP contribution is -2.49. The van der Waals surface area contributed by atoms with E-state index in [2.05, 4.69) is 11.4 Å². The molecule has 0 spiro atoms. The Bertz CT molecular complexity index is 731. The summed E-state index contributed by atoms with van der Waals surface area (Å²) in [7, 11) is -0.442. The van der Waals surface area contributed by atoms with Gasteiger partial charge in [-0.05, 0) is 44.7 Å². The van der Waals surface area contributed by atoms with Crippen molar-refractivity contribution in [3.05, 3.63) is 34.9 Å². The Morgan fingerprint density at radius 3 is 2.60 bits per heavy atom. The normalized spacial score (nSPS) is 20.5. The van der Waals surface area contributed by atoms with E-state index in [1.165, 1.54) is 28.3 Å². The second-order valence-electron chi connectivity index (χ2n) is 7.08. The van der Waals surface area contributed by atoms with Gasteiger partial charge in [-0.2, -0.15) is 17.0 Å². The number of hydrogen-bond acceptors (Lipinski definition) is 3. The third-order valence-electron chi connectivity index (χ3n) is 4.79. The maximum Gasteiger partial charge on any atom is 0.281 e. The average Bonchev–Trinajstić information content (AvgIpc) is 2.54. The Morgan fingerprint density at radius 2 is 2.00 bits per heavy atom. The van der Waals surface area contributed by atoms with Crippen LogP contribution < -0.4 is 5.32 Å². The Labute approximate surface area is 151 Å². The molecule has 0 saturated carbocycles. The van der Waals surface area contributed by atoms with Gasteiger partial charge in [0.15, 0.2) is 0 Å². The highest BCUT2D eigenvalue weighted by atomic mass is 32.2. The minimum atomic E-state index is -3.47. The van der Waals surface area contributed by atoms with Crippen molar-refractivity contribution < 1.29 is 13.2 Å². The number of aryl methyl sites for hydroxylation is 2. The summed E-state index contributed by atoms with van der Waals surface area (Å²) >= 11 is 0. The molecule has 1 N–H and O–H groups in total. The van der Waals surface area contributed by atoms with E-state index in [4.69, 9.17) is 0 Å². The van der Waals surface area contributed by atoms with E-state index in [1.807, 2.05) is 32.9 Å². The maximum absolute atomic E-state index is 12.7. The molecule has 0 radical (unpaired) electrons. The fraction of sp³-hybridized carbons (Fsp3) is 0.611. The molecular weight excluding hydrogens is 338 g/mol. The van der Waals surface area contributed by atoms with E-state index in [0.29, 0.717) is 19.4 Å². The molecule has 0 bridgehead atoms. The molecule has 6 nitrogen and oxygen atoms in total. The summed E-state index contributed by atoms with van der Waals surface area (Å²) < 4.78 is 27.2. The summed E-state index contributed by atoms with van der Waals surface area (Å²) in [6, 6.07) is 6.08. The lowest BCUT2D eigenvalue weighted by atomic mass is 9.96. The molecular formula is C18H29N3O3S. The van der Waals surface area contributed by atoms with Crippen molar-refractivity contribution in [3.8, 4) is 0 Å². The summed E-state index contributed by atoms with van der Waals surface area (Å²) in [6.45, 7) is 6.76. The van der Waals surface area contributed by atoms with Gasteiger partial charge < -0.3 is 5.32 Å². The predicted octanol–water partition coefficient (Wildman–Crippen LogP) is 2.00.